The third-order valence-electron chi connectivity index (χ3n) is 2.80. The van der Waals surface area contributed by atoms with E-state index in [0.717, 1.165) is 28.1 Å². The van der Waals surface area contributed by atoms with E-state index in [0.29, 0.717) is 5.88 Å². The van der Waals surface area contributed by atoms with Crippen molar-refractivity contribution in [1.82, 2.24) is 4.98 Å². The Hall–Kier alpha value is -1.83. The number of rotatable bonds is 2. The maximum absolute atomic E-state index is 5.94. The van der Waals surface area contributed by atoms with Gasteiger partial charge in [0.1, 0.15) is 5.75 Å². The van der Waals surface area contributed by atoms with Crippen molar-refractivity contribution in [2.75, 3.05) is 0 Å². The number of para-hydroxylation sites is 1. The largest absolute Gasteiger partial charge is 0.438 e. The number of aromatic nitrogens is 1. The fourth-order valence-electron chi connectivity index (χ4n) is 1.76. The van der Waals surface area contributed by atoms with E-state index in [1.807, 2.05) is 58.0 Å². The molecule has 0 amide bonds. The van der Waals surface area contributed by atoms with Crippen LogP contribution in [0.4, 0.5) is 0 Å². The Labute approximate surface area is 102 Å². The van der Waals surface area contributed by atoms with Crippen LogP contribution in [0.2, 0.25) is 0 Å². The molecule has 0 N–H and O–H groups in total. The van der Waals surface area contributed by atoms with Gasteiger partial charge in [0, 0.05) is 11.3 Å². The minimum absolute atomic E-state index is 0.697. The highest BCUT2D eigenvalue weighted by atomic mass is 16.5. The van der Waals surface area contributed by atoms with E-state index in [2.05, 4.69) is 4.98 Å². The first kappa shape index (κ1) is 11.6. The summed E-state index contributed by atoms with van der Waals surface area (Å²) in [6.45, 7) is 8.08. The lowest BCUT2D eigenvalue weighted by Crippen LogP contribution is -1.96. The van der Waals surface area contributed by atoms with Crippen molar-refractivity contribution in [2.24, 2.45) is 0 Å². The highest BCUT2D eigenvalue weighted by Crippen LogP contribution is 2.29. The van der Waals surface area contributed by atoms with E-state index in [4.69, 9.17) is 4.74 Å². The SMILES string of the molecule is Cc1ccc(C)c(Oc2c(C)cccc2C)n1. The Morgan fingerprint density at radius 2 is 1.47 bits per heavy atom. The molecule has 88 valence electrons. The predicted octanol–water partition coefficient (Wildman–Crippen LogP) is 4.11. The molecular weight excluding hydrogens is 210 g/mol. The molecule has 0 aliphatic heterocycles. The highest BCUT2D eigenvalue weighted by molar-refractivity contribution is 5.43. The van der Waals surface area contributed by atoms with Crippen molar-refractivity contribution in [2.45, 2.75) is 27.7 Å². The molecule has 0 fully saturated rings. The lowest BCUT2D eigenvalue weighted by molar-refractivity contribution is 0.451. The molecule has 0 atom stereocenters. The van der Waals surface area contributed by atoms with Crippen molar-refractivity contribution >= 4 is 0 Å². The Balaban J connectivity index is 2.41. The molecule has 0 aliphatic rings. The van der Waals surface area contributed by atoms with E-state index in [1.165, 1.54) is 0 Å². The summed E-state index contributed by atoms with van der Waals surface area (Å²) in [6, 6.07) is 10.2. The van der Waals surface area contributed by atoms with Crippen molar-refractivity contribution in [3.8, 4) is 11.6 Å². The molecule has 0 saturated carbocycles. The first-order valence-corrected chi connectivity index (χ1v) is 5.76. The monoisotopic (exact) mass is 227 g/mol. The molecule has 0 spiro atoms. The molecule has 1 aromatic carbocycles. The second kappa shape index (κ2) is 4.58. The van der Waals surface area contributed by atoms with E-state index < -0.39 is 0 Å². The number of ether oxygens (including phenoxy) is 1. The third kappa shape index (κ3) is 2.47. The fourth-order valence-corrected chi connectivity index (χ4v) is 1.76. The molecule has 1 aromatic heterocycles. The normalized spacial score (nSPS) is 10.4. The van der Waals surface area contributed by atoms with Crippen LogP contribution in [0, 0.1) is 27.7 Å². The number of hydrogen-bond donors (Lipinski definition) is 0. The molecular formula is C15H17NO. The zero-order valence-electron chi connectivity index (χ0n) is 10.7. The van der Waals surface area contributed by atoms with Crippen LogP contribution in [0.25, 0.3) is 0 Å². The van der Waals surface area contributed by atoms with Gasteiger partial charge < -0.3 is 4.74 Å². The van der Waals surface area contributed by atoms with E-state index in [9.17, 15) is 0 Å². The van der Waals surface area contributed by atoms with Gasteiger partial charge in [-0.1, -0.05) is 24.3 Å². The van der Waals surface area contributed by atoms with Gasteiger partial charge in [-0.3, -0.25) is 0 Å². The van der Waals surface area contributed by atoms with Crippen LogP contribution >= 0.6 is 0 Å². The number of hydrogen-bond acceptors (Lipinski definition) is 2. The maximum atomic E-state index is 5.94. The van der Waals surface area contributed by atoms with Crippen LogP contribution in [-0.4, -0.2) is 4.98 Å². The quantitative estimate of drug-likeness (QED) is 0.770. The van der Waals surface area contributed by atoms with E-state index in [1.54, 1.807) is 0 Å². The Kier molecular flexibility index (Phi) is 3.14. The Morgan fingerprint density at radius 3 is 2.12 bits per heavy atom. The van der Waals surface area contributed by atoms with E-state index in [-0.39, 0.29) is 0 Å². The first-order valence-electron chi connectivity index (χ1n) is 5.76. The lowest BCUT2D eigenvalue weighted by atomic mass is 10.1. The summed E-state index contributed by atoms with van der Waals surface area (Å²) in [5.74, 6) is 1.61. The van der Waals surface area contributed by atoms with Gasteiger partial charge in [-0.05, 0) is 44.9 Å². The molecule has 2 heteroatoms. The molecule has 2 rings (SSSR count). The maximum Gasteiger partial charge on any atom is 0.222 e. The Bertz CT molecular complexity index is 526. The molecule has 2 aromatic rings. The van der Waals surface area contributed by atoms with Gasteiger partial charge in [-0.15, -0.1) is 0 Å². The van der Waals surface area contributed by atoms with Crippen LogP contribution in [-0.2, 0) is 0 Å². The minimum atomic E-state index is 0.697. The predicted molar refractivity (Wildman–Crippen MR) is 69.7 cm³/mol. The highest BCUT2D eigenvalue weighted by Gasteiger charge is 2.08. The van der Waals surface area contributed by atoms with Crippen molar-refractivity contribution < 1.29 is 4.74 Å². The number of nitrogens with zero attached hydrogens (tertiary/aromatic N) is 1. The summed E-state index contributed by atoms with van der Waals surface area (Å²) >= 11 is 0. The van der Waals surface area contributed by atoms with Crippen LogP contribution in [0.15, 0.2) is 30.3 Å². The van der Waals surface area contributed by atoms with Crippen molar-refractivity contribution in [3.05, 3.63) is 52.7 Å². The lowest BCUT2D eigenvalue weighted by Gasteiger charge is -2.12. The number of benzene rings is 1. The molecule has 0 saturated heterocycles. The van der Waals surface area contributed by atoms with Gasteiger partial charge in [0.25, 0.3) is 0 Å². The topological polar surface area (TPSA) is 22.1 Å². The summed E-state index contributed by atoms with van der Waals surface area (Å²) in [5.41, 5.74) is 4.29. The molecule has 0 bridgehead atoms. The summed E-state index contributed by atoms with van der Waals surface area (Å²) in [6.07, 6.45) is 0. The Morgan fingerprint density at radius 1 is 0.824 bits per heavy atom. The van der Waals surface area contributed by atoms with Gasteiger partial charge in [0.05, 0.1) is 0 Å². The van der Waals surface area contributed by atoms with Gasteiger partial charge in [-0.2, -0.15) is 0 Å². The minimum Gasteiger partial charge on any atom is -0.438 e. The molecule has 2 nitrogen and oxygen atoms in total. The second-order valence-corrected chi connectivity index (χ2v) is 4.40. The van der Waals surface area contributed by atoms with Crippen molar-refractivity contribution in [3.63, 3.8) is 0 Å². The average Bonchev–Trinajstić information content (AvgIpc) is 2.28. The standard InChI is InChI=1S/C15H17NO/c1-10-6-5-7-11(2)14(10)17-15-12(3)8-9-13(4)16-15/h5-9H,1-4H3. The van der Waals surface area contributed by atoms with Crippen LogP contribution in [0.1, 0.15) is 22.4 Å². The van der Waals surface area contributed by atoms with Crippen molar-refractivity contribution in [1.29, 1.82) is 0 Å². The summed E-state index contributed by atoms with van der Waals surface area (Å²) in [4.78, 5) is 4.43. The van der Waals surface area contributed by atoms with E-state index >= 15 is 0 Å². The van der Waals surface area contributed by atoms with Gasteiger partial charge in [0.2, 0.25) is 5.88 Å². The summed E-state index contributed by atoms with van der Waals surface area (Å²) in [5, 5.41) is 0. The number of aryl methyl sites for hydroxylation is 4. The first-order chi connectivity index (χ1) is 8.08. The zero-order chi connectivity index (χ0) is 12.4. The van der Waals surface area contributed by atoms with Crippen LogP contribution in [0.5, 0.6) is 11.6 Å². The summed E-state index contributed by atoms with van der Waals surface area (Å²) < 4.78 is 5.94. The molecule has 1 heterocycles. The van der Waals surface area contributed by atoms with Crippen LogP contribution in [0.3, 0.4) is 0 Å². The zero-order valence-corrected chi connectivity index (χ0v) is 10.7. The fraction of sp³-hybridized carbons (Fsp3) is 0.267. The van der Waals surface area contributed by atoms with Crippen LogP contribution < -0.4 is 4.74 Å². The second-order valence-electron chi connectivity index (χ2n) is 4.40. The molecule has 0 radical (unpaired) electrons. The van der Waals surface area contributed by atoms with Gasteiger partial charge in [0.15, 0.2) is 0 Å². The summed E-state index contributed by atoms with van der Waals surface area (Å²) in [7, 11) is 0. The number of pyridine rings is 1. The van der Waals surface area contributed by atoms with Gasteiger partial charge >= 0.3 is 0 Å². The average molecular weight is 227 g/mol. The smallest absolute Gasteiger partial charge is 0.222 e. The molecule has 17 heavy (non-hydrogen) atoms. The molecule has 0 unspecified atom stereocenters. The van der Waals surface area contributed by atoms with Gasteiger partial charge in [-0.25, -0.2) is 4.98 Å². The molecule has 0 aliphatic carbocycles. The third-order valence-corrected chi connectivity index (χ3v) is 2.80.